The first kappa shape index (κ1) is 15.2. The second kappa shape index (κ2) is 6.99. The maximum absolute atomic E-state index is 12.7. The number of rotatable bonds is 5. The molecule has 0 saturated heterocycles. The molecule has 1 amide bonds. The minimum Gasteiger partial charge on any atom is -0.448 e. The number of esters is 1. The van der Waals surface area contributed by atoms with Crippen LogP contribution in [0.4, 0.5) is 4.39 Å². The zero-order chi connectivity index (χ0) is 15.2. The Kier molecular flexibility index (Phi) is 5.05. The van der Waals surface area contributed by atoms with Gasteiger partial charge in [0, 0.05) is 6.54 Å². The van der Waals surface area contributed by atoms with Gasteiger partial charge in [-0.05, 0) is 36.1 Å². The molecule has 2 rings (SSSR count). The number of benzene rings is 1. The fraction of sp³-hybridized carbons (Fsp3) is 0.200. The third-order valence-corrected chi connectivity index (χ3v) is 3.61. The Hall–Kier alpha value is -2.21. The molecule has 0 aliphatic carbocycles. The molecule has 21 heavy (non-hydrogen) atoms. The number of nitrogens with one attached hydrogen (secondary N) is 1. The van der Waals surface area contributed by atoms with Gasteiger partial charge in [0.1, 0.15) is 10.7 Å². The monoisotopic (exact) mass is 307 g/mol. The molecule has 6 heteroatoms. The maximum atomic E-state index is 12.7. The number of ether oxygens (including phenoxy) is 1. The lowest BCUT2D eigenvalue weighted by molar-refractivity contribution is -0.129. The van der Waals surface area contributed by atoms with Crippen LogP contribution in [0.25, 0.3) is 0 Å². The average Bonchev–Trinajstić information content (AvgIpc) is 3.00. The zero-order valence-electron chi connectivity index (χ0n) is 11.3. The second-order valence-corrected chi connectivity index (χ2v) is 5.32. The molecule has 1 aromatic heterocycles. The standard InChI is InChI=1S/C15H14FNO3S/c1-10(20-15(19)13-3-2-8-21-13)14(18)17-9-11-4-6-12(16)7-5-11/h2-8,10H,9H2,1H3,(H,17,18)/t10-/m0/s1. The Labute approximate surface area is 125 Å². The number of thiophene rings is 1. The summed E-state index contributed by atoms with van der Waals surface area (Å²) in [5.74, 6) is -1.25. The van der Waals surface area contributed by atoms with Crippen LogP contribution in [-0.4, -0.2) is 18.0 Å². The summed E-state index contributed by atoms with van der Waals surface area (Å²) in [6.07, 6.45) is -0.889. The van der Waals surface area contributed by atoms with E-state index in [0.29, 0.717) is 4.88 Å². The summed E-state index contributed by atoms with van der Waals surface area (Å²) in [6, 6.07) is 9.18. The molecule has 0 spiro atoms. The van der Waals surface area contributed by atoms with E-state index in [1.807, 2.05) is 0 Å². The summed E-state index contributed by atoms with van der Waals surface area (Å²) < 4.78 is 17.8. The van der Waals surface area contributed by atoms with Gasteiger partial charge in [-0.3, -0.25) is 4.79 Å². The third-order valence-electron chi connectivity index (χ3n) is 2.76. The van der Waals surface area contributed by atoms with Gasteiger partial charge in [0.25, 0.3) is 5.91 Å². The zero-order valence-corrected chi connectivity index (χ0v) is 12.2. The van der Waals surface area contributed by atoms with Crippen LogP contribution < -0.4 is 5.32 Å². The van der Waals surface area contributed by atoms with Gasteiger partial charge in [0.05, 0.1) is 0 Å². The highest BCUT2D eigenvalue weighted by Gasteiger charge is 2.19. The predicted octanol–water partition coefficient (Wildman–Crippen LogP) is 2.75. The summed E-state index contributed by atoms with van der Waals surface area (Å²) in [4.78, 5) is 24.0. The molecule has 0 aliphatic heterocycles. The van der Waals surface area contributed by atoms with E-state index in [-0.39, 0.29) is 12.4 Å². The van der Waals surface area contributed by atoms with Gasteiger partial charge >= 0.3 is 5.97 Å². The second-order valence-electron chi connectivity index (χ2n) is 4.37. The Morgan fingerprint density at radius 2 is 2.00 bits per heavy atom. The molecule has 0 fully saturated rings. The normalized spacial score (nSPS) is 11.7. The van der Waals surface area contributed by atoms with Crippen molar-refractivity contribution in [3.05, 3.63) is 58.0 Å². The van der Waals surface area contributed by atoms with Gasteiger partial charge in [-0.15, -0.1) is 11.3 Å². The highest BCUT2D eigenvalue weighted by molar-refractivity contribution is 7.11. The van der Waals surface area contributed by atoms with E-state index in [0.717, 1.165) is 5.56 Å². The molecular weight excluding hydrogens is 293 g/mol. The summed E-state index contributed by atoms with van der Waals surface area (Å²) >= 11 is 1.25. The molecule has 0 radical (unpaired) electrons. The summed E-state index contributed by atoms with van der Waals surface area (Å²) in [6.45, 7) is 1.76. The highest BCUT2D eigenvalue weighted by Crippen LogP contribution is 2.11. The van der Waals surface area contributed by atoms with Crippen LogP contribution in [0.15, 0.2) is 41.8 Å². The largest absolute Gasteiger partial charge is 0.448 e. The van der Waals surface area contributed by atoms with Gasteiger partial charge in [0.15, 0.2) is 6.10 Å². The van der Waals surface area contributed by atoms with E-state index in [2.05, 4.69) is 5.32 Å². The van der Waals surface area contributed by atoms with E-state index >= 15 is 0 Å². The number of halogens is 1. The lowest BCUT2D eigenvalue weighted by Crippen LogP contribution is -2.35. The fourth-order valence-corrected chi connectivity index (χ4v) is 2.21. The van der Waals surface area contributed by atoms with Crippen LogP contribution in [0.2, 0.25) is 0 Å². The van der Waals surface area contributed by atoms with E-state index in [1.54, 1.807) is 29.6 Å². The van der Waals surface area contributed by atoms with Gasteiger partial charge in [-0.25, -0.2) is 9.18 Å². The number of hydrogen-bond acceptors (Lipinski definition) is 4. The van der Waals surface area contributed by atoms with Crippen molar-refractivity contribution in [2.75, 3.05) is 0 Å². The van der Waals surface area contributed by atoms with Crippen molar-refractivity contribution < 1.29 is 18.7 Å². The van der Waals surface area contributed by atoms with Crippen molar-refractivity contribution in [1.29, 1.82) is 0 Å². The van der Waals surface area contributed by atoms with Crippen LogP contribution in [0, 0.1) is 5.82 Å². The minimum atomic E-state index is -0.889. The molecule has 110 valence electrons. The number of carbonyl (C=O) groups excluding carboxylic acids is 2. The SMILES string of the molecule is C[C@H](OC(=O)c1cccs1)C(=O)NCc1ccc(F)cc1. The summed E-state index contributed by atoms with van der Waals surface area (Å²) in [7, 11) is 0. The molecule has 0 bridgehead atoms. The van der Waals surface area contributed by atoms with Crippen molar-refractivity contribution in [2.24, 2.45) is 0 Å². The quantitative estimate of drug-likeness (QED) is 0.864. The molecule has 2 aromatic rings. The highest BCUT2D eigenvalue weighted by atomic mass is 32.1. The lowest BCUT2D eigenvalue weighted by atomic mass is 10.2. The molecule has 0 unspecified atom stereocenters. The van der Waals surface area contributed by atoms with Crippen molar-refractivity contribution in [3.8, 4) is 0 Å². The van der Waals surface area contributed by atoms with Crippen molar-refractivity contribution in [2.45, 2.75) is 19.6 Å². The molecule has 0 aliphatic rings. The Morgan fingerprint density at radius 1 is 1.29 bits per heavy atom. The van der Waals surface area contributed by atoms with Crippen molar-refractivity contribution in [1.82, 2.24) is 5.32 Å². The molecule has 4 nitrogen and oxygen atoms in total. The van der Waals surface area contributed by atoms with E-state index in [9.17, 15) is 14.0 Å². The first-order chi connectivity index (χ1) is 10.1. The lowest BCUT2D eigenvalue weighted by Gasteiger charge is -2.13. The Morgan fingerprint density at radius 3 is 2.62 bits per heavy atom. The smallest absolute Gasteiger partial charge is 0.349 e. The molecule has 0 saturated carbocycles. The maximum Gasteiger partial charge on any atom is 0.349 e. The first-order valence-corrected chi connectivity index (χ1v) is 7.21. The van der Waals surface area contributed by atoms with E-state index in [4.69, 9.17) is 4.74 Å². The first-order valence-electron chi connectivity index (χ1n) is 6.33. The Bertz CT molecular complexity index is 610. The van der Waals surface area contributed by atoms with Gasteiger partial charge in [0.2, 0.25) is 0 Å². The van der Waals surface area contributed by atoms with Crippen molar-refractivity contribution >= 4 is 23.2 Å². The minimum absolute atomic E-state index is 0.250. The number of amides is 1. The third kappa shape index (κ3) is 4.39. The molecule has 1 N–H and O–H groups in total. The van der Waals surface area contributed by atoms with Crippen LogP contribution in [-0.2, 0) is 16.1 Å². The van der Waals surface area contributed by atoms with Crippen LogP contribution in [0.5, 0.6) is 0 Å². The molecule has 1 atom stereocenters. The van der Waals surface area contributed by atoms with E-state index < -0.39 is 18.0 Å². The number of hydrogen-bond donors (Lipinski definition) is 1. The fourth-order valence-electron chi connectivity index (χ4n) is 1.60. The van der Waals surface area contributed by atoms with Crippen LogP contribution >= 0.6 is 11.3 Å². The van der Waals surface area contributed by atoms with E-state index in [1.165, 1.54) is 30.4 Å². The van der Waals surface area contributed by atoms with Gasteiger partial charge in [-0.2, -0.15) is 0 Å². The van der Waals surface area contributed by atoms with Crippen LogP contribution in [0.3, 0.4) is 0 Å². The predicted molar refractivity (Wildman–Crippen MR) is 77.4 cm³/mol. The van der Waals surface area contributed by atoms with Gasteiger partial charge < -0.3 is 10.1 Å². The molecule has 1 heterocycles. The topological polar surface area (TPSA) is 55.4 Å². The Balaban J connectivity index is 1.82. The molecule has 1 aromatic carbocycles. The van der Waals surface area contributed by atoms with Crippen molar-refractivity contribution in [3.63, 3.8) is 0 Å². The van der Waals surface area contributed by atoms with Gasteiger partial charge in [-0.1, -0.05) is 18.2 Å². The van der Waals surface area contributed by atoms with Crippen LogP contribution in [0.1, 0.15) is 22.2 Å². The molecular formula is C15H14FNO3S. The summed E-state index contributed by atoms with van der Waals surface area (Å²) in [5, 5.41) is 4.39. The summed E-state index contributed by atoms with van der Waals surface area (Å²) in [5.41, 5.74) is 0.765. The number of carbonyl (C=O) groups is 2. The average molecular weight is 307 g/mol.